The minimum atomic E-state index is -2.47. The van der Waals surface area contributed by atoms with Crippen molar-refractivity contribution in [1.82, 2.24) is 5.48 Å². The molecule has 1 aromatic rings. The van der Waals surface area contributed by atoms with Crippen molar-refractivity contribution >= 4 is 10.7 Å². The monoisotopic (exact) mass is 185 g/mol. The molecule has 1 N–H and O–H groups in total. The molecule has 1 saturated heterocycles. The predicted molar refractivity (Wildman–Crippen MR) is 42.0 cm³/mol. The molecular formula is C7H7NO3S. The van der Waals surface area contributed by atoms with Crippen LogP contribution in [0.4, 0.5) is 0 Å². The second-order valence-corrected chi connectivity index (χ2v) is 3.50. The normalized spacial score (nSPS) is 21.2. The minimum absolute atomic E-state index is 0.0522. The lowest BCUT2D eigenvalue weighted by Gasteiger charge is -1.93. The van der Waals surface area contributed by atoms with Gasteiger partial charge in [0.05, 0.1) is 4.90 Å². The Balaban J connectivity index is 2.30. The molecule has 64 valence electrons. The molecule has 2 rings (SSSR count). The van der Waals surface area contributed by atoms with Gasteiger partial charge in [-0.1, -0.05) is 12.1 Å². The Hall–Kier alpha value is -0.910. The summed E-state index contributed by atoms with van der Waals surface area (Å²) < 4.78 is 21.0. The van der Waals surface area contributed by atoms with Crippen LogP contribution in [0.5, 0.6) is 0 Å². The molecule has 0 aliphatic carbocycles. The molecule has 1 atom stereocenters. The molecule has 0 saturated carbocycles. The quantitative estimate of drug-likeness (QED) is 0.510. The van der Waals surface area contributed by atoms with Gasteiger partial charge in [0.15, 0.2) is 16.9 Å². The van der Waals surface area contributed by atoms with Gasteiger partial charge in [-0.05, 0) is 17.7 Å². The average molecular weight is 185 g/mol. The van der Waals surface area contributed by atoms with Gasteiger partial charge in [0, 0.05) is 0 Å². The highest BCUT2D eigenvalue weighted by atomic mass is 32.2. The van der Waals surface area contributed by atoms with E-state index < -0.39 is 10.7 Å². The molecule has 1 unspecified atom stereocenters. The Bertz CT molecular complexity index is 345. The van der Waals surface area contributed by atoms with Gasteiger partial charge in [-0.3, -0.25) is 4.84 Å². The Labute approximate surface area is 71.1 Å². The molecule has 12 heavy (non-hydrogen) atoms. The first-order valence-corrected chi connectivity index (χ1v) is 4.60. The van der Waals surface area contributed by atoms with E-state index in [9.17, 15) is 8.42 Å². The number of hydroxylamine groups is 1. The number of hydrogen-bond donors (Lipinski definition) is 2. The fourth-order valence-corrected chi connectivity index (χ4v) is 1.33. The first kappa shape index (κ1) is 7.72. The third kappa shape index (κ3) is 1.47. The van der Waals surface area contributed by atoms with Crippen molar-refractivity contribution in [3.05, 3.63) is 29.8 Å². The summed E-state index contributed by atoms with van der Waals surface area (Å²) in [5.41, 5.74) is 3.59. The van der Waals surface area contributed by atoms with E-state index in [1.54, 1.807) is 24.3 Å². The van der Waals surface area contributed by atoms with Crippen LogP contribution in [0.1, 0.15) is 11.8 Å². The Kier molecular flexibility index (Phi) is 1.84. The van der Waals surface area contributed by atoms with E-state index in [2.05, 4.69) is 5.48 Å². The van der Waals surface area contributed by atoms with Crippen molar-refractivity contribution in [3.63, 3.8) is 0 Å². The lowest BCUT2D eigenvalue weighted by atomic mass is 10.2. The van der Waals surface area contributed by atoms with Crippen molar-refractivity contribution in [3.8, 4) is 0 Å². The molecule has 1 aliphatic rings. The predicted octanol–water partition coefficient (Wildman–Crippen LogP) is 0.190. The minimum Gasteiger partial charge on any atom is -0.273 e. The number of hydrogen-bond acceptors (Lipinski definition) is 4. The largest absolute Gasteiger partial charge is 0.273 e. The summed E-state index contributed by atoms with van der Waals surface area (Å²) in [6.45, 7) is 0. The Morgan fingerprint density at radius 3 is 2.25 bits per heavy atom. The average Bonchev–Trinajstić information content (AvgIpc) is 2.87. The SMILES string of the molecule is O=[SH](=O)c1ccc(C2NO2)cc1. The van der Waals surface area contributed by atoms with Crippen LogP contribution in [0.2, 0.25) is 0 Å². The lowest BCUT2D eigenvalue weighted by molar-refractivity contribution is 0.374. The van der Waals surface area contributed by atoms with Crippen LogP contribution in [-0.4, -0.2) is 8.42 Å². The Morgan fingerprint density at radius 2 is 1.83 bits per heavy atom. The van der Waals surface area contributed by atoms with Crippen molar-refractivity contribution in [2.24, 2.45) is 0 Å². The van der Waals surface area contributed by atoms with Crippen LogP contribution in [0, 0.1) is 0 Å². The number of nitrogens with one attached hydrogen (secondary N) is 1. The third-order valence-electron chi connectivity index (χ3n) is 1.64. The van der Waals surface area contributed by atoms with Crippen LogP contribution in [0.3, 0.4) is 0 Å². The van der Waals surface area contributed by atoms with Gasteiger partial charge in [0.25, 0.3) is 0 Å². The standard InChI is InChI=1S/C7H7NO3S/c9-12(10)6-3-1-5(2-4-6)7-8-11-7/h1-4,7-8,12H. The maximum atomic E-state index is 10.5. The van der Waals surface area contributed by atoms with Gasteiger partial charge in [-0.2, -0.15) is 5.48 Å². The number of rotatable bonds is 2. The van der Waals surface area contributed by atoms with E-state index >= 15 is 0 Å². The van der Waals surface area contributed by atoms with E-state index in [4.69, 9.17) is 4.84 Å². The summed E-state index contributed by atoms with van der Waals surface area (Å²) in [6, 6.07) is 6.57. The molecule has 0 amide bonds. The molecule has 1 aromatic carbocycles. The van der Waals surface area contributed by atoms with Crippen LogP contribution in [0.25, 0.3) is 0 Å². The van der Waals surface area contributed by atoms with Gasteiger partial charge in [-0.15, -0.1) is 0 Å². The fraction of sp³-hybridized carbons (Fsp3) is 0.143. The third-order valence-corrected chi connectivity index (χ3v) is 2.36. The second-order valence-electron chi connectivity index (χ2n) is 2.46. The van der Waals surface area contributed by atoms with Gasteiger partial charge < -0.3 is 0 Å². The highest BCUT2D eigenvalue weighted by Gasteiger charge is 2.23. The molecule has 0 bridgehead atoms. The molecule has 5 heteroatoms. The molecule has 0 spiro atoms. The van der Waals surface area contributed by atoms with Gasteiger partial charge >= 0.3 is 0 Å². The van der Waals surface area contributed by atoms with Gasteiger partial charge in [0.1, 0.15) is 0 Å². The summed E-state index contributed by atoms with van der Waals surface area (Å²) in [4.78, 5) is 5.12. The van der Waals surface area contributed by atoms with Crippen LogP contribution in [-0.2, 0) is 15.5 Å². The molecule has 0 radical (unpaired) electrons. The van der Waals surface area contributed by atoms with E-state index in [-0.39, 0.29) is 6.23 Å². The number of benzene rings is 1. The zero-order valence-corrected chi connectivity index (χ0v) is 6.95. The molecular weight excluding hydrogens is 178 g/mol. The number of thiol groups is 1. The van der Waals surface area contributed by atoms with Crippen LogP contribution in [0.15, 0.2) is 29.2 Å². The summed E-state index contributed by atoms with van der Waals surface area (Å²) in [5, 5.41) is 0. The van der Waals surface area contributed by atoms with Crippen LogP contribution >= 0.6 is 0 Å². The van der Waals surface area contributed by atoms with Gasteiger partial charge in [-0.25, -0.2) is 8.42 Å². The summed E-state index contributed by atoms with van der Waals surface area (Å²) in [5.74, 6) is 0. The molecule has 1 heterocycles. The lowest BCUT2D eigenvalue weighted by Crippen LogP contribution is -1.85. The van der Waals surface area contributed by atoms with Crippen molar-refractivity contribution < 1.29 is 13.3 Å². The molecule has 1 fully saturated rings. The van der Waals surface area contributed by atoms with E-state index in [1.165, 1.54) is 0 Å². The smallest absolute Gasteiger partial charge is 0.176 e. The molecule has 4 nitrogen and oxygen atoms in total. The van der Waals surface area contributed by atoms with Crippen LogP contribution < -0.4 is 5.48 Å². The van der Waals surface area contributed by atoms with E-state index in [0.29, 0.717) is 4.90 Å². The summed E-state index contributed by atoms with van der Waals surface area (Å²) in [6.07, 6.45) is -0.0522. The summed E-state index contributed by atoms with van der Waals surface area (Å²) in [7, 11) is -2.47. The van der Waals surface area contributed by atoms with E-state index in [1.807, 2.05) is 0 Å². The van der Waals surface area contributed by atoms with Crippen molar-refractivity contribution in [1.29, 1.82) is 0 Å². The second kappa shape index (κ2) is 2.85. The summed E-state index contributed by atoms with van der Waals surface area (Å²) >= 11 is 0. The highest BCUT2D eigenvalue weighted by Crippen LogP contribution is 2.23. The van der Waals surface area contributed by atoms with Crippen molar-refractivity contribution in [2.75, 3.05) is 0 Å². The fourth-order valence-electron chi connectivity index (χ4n) is 0.941. The maximum Gasteiger partial charge on any atom is 0.176 e. The Morgan fingerprint density at radius 1 is 1.25 bits per heavy atom. The van der Waals surface area contributed by atoms with E-state index in [0.717, 1.165) is 5.56 Å². The molecule has 0 aromatic heterocycles. The van der Waals surface area contributed by atoms with Gasteiger partial charge in [0.2, 0.25) is 0 Å². The zero-order valence-electron chi connectivity index (χ0n) is 6.06. The first-order valence-electron chi connectivity index (χ1n) is 3.43. The maximum absolute atomic E-state index is 10.5. The zero-order chi connectivity index (χ0) is 8.55. The first-order chi connectivity index (χ1) is 5.77. The molecule has 1 aliphatic heterocycles. The highest BCUT2D eigenvalue weighted by molar-refractivity contribution is 7.72. The van der Waals surface area contributed by atoms with Crippen molar-refractivity contribution in [2.45, 2.75) is 11.1 Å². The topological polar surface area (TPSA) is 68.6 Å².